The van der Waals surface area contributed by atoms with Crippen LogP contribution in [0.2, 0.25) is 5.02 Å². The summed E-state index contributed by atoms with van der Waals surface area (Å²) >= 11 is 6.19. The van der Waals surface area contributed by atoms with Gasteiger partial charge in [0.25, 0.3) is 0 Å². The third-order valence-electron chi connectivity index (χ3n) is 3.57. The Hall–Kier alpha value is -1.57. The van der Waals surface area contributed by atoms with Gasteiger partial charge in [0.05, 0.1) is 11.6 Å². The highest BCUT2D eigenvalue weighted by Gasteiger charge is 2.20. The second-order valence-electron chi connectivity index (χ2n) is 5.17. The summed E-state index contributed by atoms with van der Waals surface area (Å²) in [6.45, 7) is 4.24. The highest BCUT2D eigenvalue weighted by molar-refractivity contribution is 6.31. The number of nitriles is 1. The molecule has 0 radical (unpaired) electrons. The molecular formula is C15H18ClN3O. The van der Waals surface area contributed by atoms with Gasteiger partial charge in [-0.15, -0.1) is 0 Å². The number of hydrogen-bond acceptors (Lipinski definition) is 3. The normalized spacial score (nSPS) is 16.6. The molecule has 1 heterocycles. The van der Waals surface area contributed by atoms with Crippen molar-refractivity contribution < 1.29 is 4.79 Å². The van der Waals surface area contributed by atoms with Crippen LogP contribution in [0.3, 0.4) is 0 Å². The Morgan fingerprint density at radius 1 is 1.50 bits per heavy atom. The number of carbonyl (C=O) groups is 1. The fourth-order valence-electron chi connectivity index (χ4n) is 2.51. The van der Waals surface area contributed by atoms with Crippen LogP contribution in [0.1, 0.15) is 30.9 Å². The fraction of sp³-hybridized carbons (Fsp3) is 0.467. The molecular weight excluding hydrogens is 274 g/mol. The van der Waals surface area contributed by atoms with E-state index in [1.165, 1.54) is 0 Å². The molecule has 106 valence electrons. The maximum Gasteiger partial charge on any atom is 0.217 e. The predicted molar refractivity (Wildman–Crippen MR) is 78.3 cm³/mol. The zero-order valence-electron chi connectivity index (χ0n) is 11.5. The Labute approximate surface area is 124 Å². The summed E-state index contributed by atoms with van der Waals surface area (Å²) in [5, 5.41) is 12.4. The van der Waals surface area contributed by atoms with Gasteiger partial charge in [-0.1, -0.05) is 17.7 Å². The summed E-state index contributed by atoms with van der Waals surface area (Å²) in [5.41, 5.74) is 1.63. The van der Waals surface area contributed by atoms with Crippen LogP contribution in [-0.2, 0) is 11.3 Å². The maximum atomic E-state index is 11.0. The lowest BCUT2D eigenvalue weighted by Crippen LogP contribution is -2.43. The van der Waals surface area contributed by atoms with Gasteiger partial charge in [0.1, 0.15) is 0 Å². The van der Waals surface area contributed by atoms with Crippen molar-refractivity contribution in [1.29, 1.82) is 5.26 Å². The zero-order valence-corrected chi connectivity index (χ0v) is 12.3. The number of carbonyl (C=O) groups excluding carboxylic acids is 1. The molecule has 1 amide bonds. The third-order valence-corrected chi connectivity index (χ3v) is 3.92. The smallest absolute Gasteiger partial charge is 0.217 e. The molecule has 2 rings (SSSR count). The summed E-state index contributed by atoms with van der Waals surface area (Å²) in [7, 11) is 0. The highest BCUT2D eigenvalue weighted by atomic mass is 35.5. The number of likely N-dealkylation sites (tertiary alicyclic amines) is 1. The number of amides is 1. The molecule has 1 aromatic rings. The van der Waals surface area contributed by atoms with E-state index in [2.05, 4.69) is 16.3 Å². The van der Waals surface area contributed by atoms with Crippen molar-refractivity contribution in [3.05, 3.63) is 34.3 Å². The molecule has 20 heavy (non-hydrogen) atoms. The first-order valence-electron chi connectivity index (χ1n) is 6.76. The first-order valence-corrected chi connectivity index (χ1v) is 7.14. The molecule has 4 nitrogen and oxygen atoms in total. The van der Waals surface area contributed by atoms with Gasteiger partial charge in [-0.3, -0.25) is 9.69 Å². The second-order valence-corrected chi connectivity index (χ2v) is 5.58. The van der Waals surface area contributed by atoms with Crippen molar-refractivity contribution in [2.45, 2.75) is 32.4 Å². The van der Waals surface area contributed by atoms with Gasteiger partial charge in [0.2, 0.25) is 5.91 Å². The van der Waals surface area contributed by atoms with Crippen molar-refractivity contribution >= 4 is 17.5 Å². The van der Waals surface area contributed by atoms with Crippen molar-refractivity contribution in [3.8, 4) is 6.07 Å². The first-order chi connectivity index (χ1) is 9.58. The van der Waals surface area contributed by atoms with Crippen molar-refractivity contribution in [3.63, 3.8) is 0 Å². The molecule has 0 bridgehead atoms. The van der Waals surface area contributed by atoms with E-state index in [1.807, 2.05) is 6.07 Å². The largest absolute Gasteiger partial charge is 0.354 e. The van der Waals surface area contributed by atoms with E-state index in [0.29, 0.717) is 16.6 Å². The third kappa shape index (κ3) is 3.96. The zero-order chi connectivity index (χ0) is 14.5. The van der Waals surface area contributed by atoms with Crippen LogP contribution in [0, 0.1) is 11.3 Å². The van der Waals surface area contributed by atoms with Gasteiger partial charge >= 0.3 is 0 Å². The Morgan fingerprint density at radius 3 is 2.75 bits per heavy atom. The number of hydrogen-bond donors (Lipinski definition) is 1. The van der Waals surface area contributed by atoms with Gasteiger partial charge in [-0.05, 0) is 30.5 Å². The molecule has 1 N–H and O–H groups in total. The Bertz CT molecular complexity index is 530. The summed E-state index contributed by atoms with van der Waals surface area (Å²) in [5.74, 6) is 0.0404. The predicted octanol–water partition coefficient (Wildman–Crippen LogP) is 2.31. The lowest BCUT2D eigenvalue weighted by Gasteiger charge is -2.32. The number of piperidine rings is 1. The molecule has 1 aromatic carbocycles. The number of nitrogens with zero attached hydrogens (tertiary/aromatic N) is 2. The molecule has 1 fully saturated rings. The number of halogens is 1. The van der Waals surface area contributed by atoms with Gasteiger partial charge in [0.15, 0.2) is 0 Å². The Kier molecular flexibility index (Phi) is 4.99. The highest BCUT2D eigenvalue weighted by Crippen LogP contribution is 2.21. The maximum absolute atomic E-state index is 11.0. The molecule has 0 unspecified atom stereocenters. The summed E-state index contributed by atoms with van der Waals surface area (Å²) in [6.07, 6.45) is 1.93. The minimum atomic E-state index is 0.0404. The molecule has 0 atom stereocenters. The van der Waals surface area contributed by atoms with E-state index >= 15 is 0 Å². The van der Waals surface area contributed by atoms with E-state index in [1.54, 1.807) is 19.1 Å². The Morgan fingerprint density at radius 2 is 2.20 bits per heavy atom. The van der Waals surface area contributed by atoms with Crippen LogP contribution < -0.4 is 5.32 Å². The van der Waals surface area contributed by atoms with Crippen molar-refractivity contribution in [1.82, 2.24) is 10.2 Å². The van der Waals surface area contributed by atoms with Crippen LogP contribution in [0.15, 0.2) is 18.2 Å². The SMILES string of the molecule is CC(=O)NC1CCN(Cc2ccc(C#N)cc2Cl)CC1. The van der Waals surface area contributed by atoms with Crippen LogP contribution in [0.5, 0.6) is 0 Å². The molecule has 5 heteroatoms. The molecule has 1 aliphatic rings. The standard InChI is InChI=1S/C15H18ClN3O/c1-11(20)18-14-4-6-19(7-5-14)10-13-3-2-12(9-17)8-15(13)16/h2-3,8,14H,4-7,10H2,1H3,(H,18,20). The number of rotatable bonds is 3. The van der Waals surface area contributed by atoms with Crippen molar-refractivity contribution in [2.75, 3.05) is 13.1 Å². The minimum Gasteiger partial charge on any atom is -0.354 e. The van der Waals surface area contributed by atoms with Gasteiger partial charge in [-0.25, -0.2) is 0 Å². The molecule has 0 aromatic heterocycles. The summed E-state index contributed by atoms with van der Waals surface area (Å²) in [4.78, 5) is 13.3. The van der Waals surface area contributed by atoms with E-state index in [9.17, 15) is 4.79 Å². The van der Waals surface area contributed by atoms with Gasteiger partial charge in [-0.2, -0.15) is 5.26 Å². The average molecular weight is 292 g/mol. The van der Waals surface area contributed by atoms with Gasteiger partial charge in [0, 0.05) is 37.6 Å². The second kappa shape index (κ2) is 6.74. The fourth-order valence-corrected chi connectivity index (χ4v) is 2.75. The van der Waals surface area contributed by atoms with Crippen LogP contribution in [-0.4, -0.2) is 29.9 Å². The monoisotopic (exact) mass is 291 g/mol. The van der Waals surface area contributed by atoms with Crippen LogP contribution in [0.25, 0.3) is 0 Å². The Balaban J connectivity index is 1.90. The quantitative estimate of drug-likeness (QED) is 0.930. The molecule has 0 aliphatic carbocycles. The molecule has 1 saturated heterocycles. The number of benzene rings is 1. The van der Waals surface area contributed by atoms with E-state index in [0.717, 1.165) is 38.0 Å². The summed E-state index contributed by atoms with van der Waals surface area (Å²) < 4.78 is 0. The van der Waals surface area contributed by atoms with Gasteiger partial charge < -0.3 is 5.32 Å². The van der Waals surface area contributed by atoms with E-state index in [-0.39, 0.29) is 5.91 Å². The molecule has 0 saturated carbocycles. The number of nitrogens with one attached hydrogen (secondary N) is 1. The van der Waals surface area contributed by atoms with E-state index < -0.39 is 0 Å². The van der Waals surface area contributed by atoms with Crippen molar-refractivity contribution in [2.24, 2.45) is 0 Å². The minimum absolute atomic E-state index is 0.0404. The van der Waals surface area contributed by atoms with E-state index in [4.69, 9.17) is 16.9 Å². The van der Waals surface area contributed by atoms with Crippen LogP contribution >= 0.6 is 11.6 Å². The lowest BCUT2D eigenvalue weighted by molar-refractivity contribution is -0.119. The summed E-state index contributed by atoms with van der Waals surface area (Å²) in [6, 6.07) is 7.80. The lowest BCUT2D eigenvalue weighted by atomic mass is 10.0. The molecule has 1 aliphatic heterocycles. The first kappa shape index (κ1) is 14.8. The topological polar surface area (TPSA) is 56.1 Å². The van der Waals surface area contributed by atoms with Crippen LogP contribution in [0.4, 0.5) is 0 Å². The molecule has 0 spiro atoms. The average Bonchev–Trinajstić information content (AvgIpc) is 2.42.